The predicted molar refractivity (Wildman–Crippen MR) is 141 cm³/mol. The van der Waals surface area contributed by atoms with Crippen molar-refractivity contribution in [3.8, 4) is 0 Å². The molecule has 1 aliphatic carbocycles. The molecule has 2 aliphatic rings. The number of benzene rings is 2. The Morgan fingerprint density at radius 1 is 1.14 bits per heavy atom. The molecule has 1 unspecified atom stereocenters. The van der Waals surface area contributed by atoms with Crippen LogP contribution in [0.2, 0.25) is 0 Å². The van der Waals surface area contributed by atoms with Crippen LogP contribution in [-0.2, 0) is 32.1 Å². The first kappa shape index (κ1) is 26.7. The zero-order chi connectivity index (χ0) is 26.6. The van der Waals surface area contributed by atoms with Crippen molar-refractivity contribution in [3.63, 3.8) is 0 Å². The van der Waals surface area contributed by atoms with Crippen LogP contribution >= 0.6 is 0 Å². The zero-order valence-corrected chi connectivity index (χ0v) is 21.8. The van der Waals surface area contributed by atoms with Crippen molar-refractivity contribution in [2.45, 2.75) is 57.7 Å². The molecule has 8 heteroatoms. The molecule has 2 aromatic carbocycles. The van der Waals surface area contributed by atoms with Gasteiger partial charge in [0.05, 0.1) is 29.9 Å². The van der Waals surface area contributed by atoms with E-state index >= 15 is 0 Å². The first-order chi connectivity index (χ1) is 17.6. The molecule has 3 atom stereocenters. The Morgan fingerprint density at radius 3 is 2.38 bits per heavy atom. The minimum Gasteiger partial charge on any atom is -0.374 e. The van der Waals surface area contributed by atoms with Crippen LogP contribution in [0.1, 0.15) is 44.2 Å². The largest absolute Gasteiger partial charge is 0.374 e. The van der Waals surface area contributed by atoms with Gasteiger partial charge in [-0.15, -0.1) is 0 Å². The number of nitrogens with one attached hydrogen (secondary N) is 1. The molecule has 1 saturated carbocycles. The topological polar surface area (TPSA) is 114 Å². The number of rotatable bonds is 10. The van der Waals surface area contributed by atoms with E-state index in [1.54, 1.807) is 20.9 Å². The highest BCUT2D eigenvalue weighted by Gasteiger charge is 2.54. The summed E-state index contributed by atoms with van der Waals surface area (Å²) in [6.07, 6.45) is 1.94. The van der Waals surface area contributed by atoms with Crippen LogP contribution in [0, 0.1) is 11.3 Å². The minimum atomic E-state index is -1.15. The number of nitrogens with zero attached hydrogens (tertiary/aromatic N) is 2. The number of carbonyl (C=O) groups is 3. The first-order valence-corrected chi connectivity index (χ1v) is 12.8. The number of amides is 2. The van der Waals surface area contributed by atoms with E-state index in [9.17, 15) is 14.4 Å². The lowest BCUT2D eigenvalue weighted by Gasteiger charge is -2.38. The van der Waals surface area contributed by atoms with Crippen molar-refractivity contribution >= 4 is 23.3 Å². The highest BCUT2D eigenvalue weighted by molar-refractivity contribution is 6.13. The van der Waals surface area contributed by atoms with Crippen molar-refractivity contribution in [2.24, 2.45) is 22.2 Å². The number of ether oxygens (including phenoxy) is 1. The summed E-state index contributed by atoms with van der Waals surface area (Å²) in [6.45, 7) is 3.53. The number of fused-ring (bicyclic) bond motifs is 1. The zero-order valence-electron chi connectivity index (χ0n) is 21.8. The van der Waals surface area contributed by atoms with Gasteiger partial charge in [-0.3, -0.25) is 14.4 Å². The Hall–Kier alpha value is -3.36. The Labute approximate surface area is 218 Å². The van der Waals surface area contributed by atoms with Gasteiger partial charge in [0, 0.05) is 13.0 Å². The molecular formula is C29H36N4O4. The molecule has 0 radical (unpaired) electrons. The molecule has 0 bridgehead atoms. The molecule has 1 heterocycles. The van der Waals surface area contributed by atoms with Crippen LogP contribution < -0.4 is 11.1 Å². The van der Waals surface area contributed by atoms with E-state index in [0.717, 1.165) is 16.8 Å². The summed E-state index contributed by atoms with van der Waals surface area (Å²) in [6, 6.07) is 18.6. The van der Waals surface area contributed by atoms with Crippen molar-refractivity contribution < 1.29 is 19.1 Å². The lowest BCUT2D eigenvalue weighted by atomic mass is 9.64. The van der Waals surface area contributed by atoms with Crippen LogP contribution in [0.3, 0.4) is 0 Å². The van der Waals surface area contributed by atoms with Gasteiger partial charge in [0.1, 0.15) is 6.04 Å². The SMILES string of the molecule is CN1N=C2CCC(C(=O)[C@@H](COCc3ccccc3)NC(=O)C(C)(C)N)C[C@@]2(Cc2ccccc2)C1=O. The minimum absolute atomic E-state index is 0.0204. The van der Waals surface area contributed by atoms with Gasteiger partial charge in [-0.2, -0.15) is 5.10 Å². The van der Waals surface area contributed by atoms with Gasteiger partial charge in [0.15, 0.2) is 5.78 Å². The van der Waals surface area contributed by atoms with Crippen LogP contribution in [0.5, 0.6) is 0 Å². The third-order valence-corrected chi connectivity index (χ3v) is 7.23. The van der Waals surface area contributed by atoms with E-state index in [0.29, 0.717) is 32.3 Å². The van der Waals surface area contributed by atoms with Crippen LogP contribution in [-0.4, -0.2) is 53.6 Å². The Kier molecular flexibility index (Phi) is 7.90. The van der Waals surface area contributed by atoms with Gasteiger partial charge >= 0.3 is 0 Å². The molecule has 37 heavy (non-hydrogen) atoms. The van der Waals surface area contributed by atoms with Crippen molar-refractivity contribution in [1.29, 1.82) is 0 Å². The summed E-state index contributed by atoms with van der Waals surface area (Å²) in [7, 11) is 1.67. The highest BCUT2D eigenvalue weighted by atomic mass is 16.5. The number of hydrogen-bond acceptors (Lipinski definition) is 6. The van der Waals surface area contributed by atoms with E-state index in [2.05, 4.69) is 10.4 Å². The Bertz CT molecular complexity index is 1160. The van der Waals surface area contributed by atoms with Crippen LogP contribution in [0.15, 0.2) is 65.8 Å². The fourth-order valence-electron chi connectivity index (χ4n) is 5.21. The fourth-order valence-corrected chi connectivity index (χ4v) is 5.21. The smallest absolute Gasteiger partial charge is 0.254 e. The summed E-state index contributed by atoms with van der Waals surface area (Å²) in [5.41, 5.74) is 6.82. The number of nitrogens with two attached hydrogens (primary N) is 1. The summed E-state index contributed by atoms with van der Waals surface area (Å²) in [4.78, 5) is 40.1. The fraction of sp³-hybridized carbons (Fsp3) is 0.448. The van der Waals surface area contributed by atoms with Gasteiger partial charge in [-0.1, -0.05) is 60.7 Å². The van der Waals surface area contributed by atoms with Gasteiger partial charge in [-0.05, 0) is 50.7 Å². The molecule has 2 amide bonds. The summed E-state index contributed by atoms with van der Waals surface area (Å²) in [5, 5.41) is 8.77. The molecule has 4 rings (SSSR count). The summed E-state index contributed by atoms with van der Waals surface area (Å²) >= 11 is 0. The standard InChI is InChI=1S/C29H36N4O4/c1-28(2,30)26(35)31-23(19-37-18-21-12-8-5-9-13-21)25(34)22-14-15-24-29(17-22,27(36)33(3)32-24)16-20-10-6-4-7-11-20/h4-13,22-23H,14-19,30H2,1-3H3,(H,31,35)/t22?,23-,29-/m1/s1. The maximum Gasteiger partial charge on any atom is 0.254 e. The monoisotopic (exact) mass is 504 g/mol. The van der Waals surface area contributed by atoms with Crippen LogP contribution in [0.25, 0.3) is 0 Å². The molecule has 0 aromatic heterocycles. The third-order valence-electron chi connectivity index (χ3n) is 7.23. The average Bonchev–Trinajstić information content (AvgIpc) is 3.12. The summed E-state index contributed by atoms with van der Waals surface area (Å²) < 4.78 is 5.88. The average molecular weight is 505 g/mol. The summed E-state index contributed by atoms with van der Waals surface area (Å²) in [5.74, 6) is -1.08. The molecule has 0 spiro atoms. The molecule has 2 aromatic rings. The number of hydrogen-bond donors (Lipinski definition) is 2. The van der Waals surface area contributed by atoms with Crippen molar-refractivity contribution in [3.05, 3.63) is 71.8 Å². The maximum atomic E-state index is 13.9. The Balaban J connectivity index is 1.54. The Morgan fingerprint density at radius 2 is 1.76 bits per heavy atom. The molecule has 3 N–H and O–H groups in total. The second kappa shape index (κ2) is 10.9. The quantitative estimate of drug-likeness (QED) is 0.517. The van der Waals surface area contributed by atoms with Gasteiger partial charge in [-0.25, -0.2) is 5.01 Å². The lowest BCUT2D eigenvalue weighted by molar-refractivity contribution is -0.138. The molecule has 196 valence electrons. The molecular weight excluding hydrogens is 468 g/mol. The van der Waals surface area contributed by atoms with E-state index in [1.807, 2.05) is 60.7 Å². The number of carbonyl (C=O) groups excluding carboxylic acids is 3. The van der Waals surface area contributed by atoms with Crippen molar-refractivity contribution in [1.82, 2.24) is 10.3 Å². The molecule has 1 fully saturated rings. The lowest BCUT2D eigenvalue weighted by Crippen LogP contribution is -2.57. The highest BCUT2D eigenvalue weighted by Crippen LogP contribution is 2.45. The third kappa shape index (κ3) is 5.97. The maximum absolute atomic E-state index is 13.9. The number of ketones is 1. The molecule has 8 nitrogen and oxygen atoms in total. The van der Waals surface area contributed by atoms with E-state index < -0.39 is 28.8 Å². The van der Waals surface area contributed by atoms with Gasteiger partial charge in [0.25, 0.3) is 5.91 Å². The van der Waals surface area contributed by atoms with Gasteiger partial charge < -0.3 is 15.8 Å². The molecule has 0 saturated heterocycles. The number of Topliss-reactive ketones (excluding diaryl/α,β-unsaturated/α-hetero) is 1. The first-order valence-electron chi connectivity index (χ1n) is 12.8. The number of hydrazone groups is 1. The van der Waals surface area contributed by atoms with Crippen LogP contribution in [0.4, 0.5) is 0 Å². The second-order valence-corrected chi connectivity index (χ2v) is 10.7. The second-order valence-electron chi connectivity index (χ2n) is 10.7. The normalized spacial score (nSPS) is 22.3. The van der Waals surface area contributed by atoms with E-state index in [4.69, 9.17) is 10.5 Å². The molecule has 1 aliphatic heterocycles. The van der Waals surface area contributed by atoms with E-state index in [1.165, 1.54) is 5.01 Å². The predicted octanol–water partition coefficient (Wildman–Crippen LogP) is 2.85. The van der Waals surface area contributed by atoms with Crippen molar-refractivity contribution in [2.75, 3.05) is 13.7 Å². The van der Waals surface area contributed by atoms with E-state index in [-0.39, 0.29) is 18.3 Å². The van der Waals surface area contributed by atoms with Gasteiger partial charge in [0.2, 0.25) is 5.91 Å².